The first-order valence-corrected chi connectivity index (χ1v) is 14.1. The van der Waals surface area contributed by atoms with Gasteiger partial charge in [-0.3, -0.25) is 9.59 Å². The van der Waals surface area contributed by atoms with Gasteiger partial charge in [0.1, 0.15) is 5.75 Å². The number of aromatic nitrogens is 3. The van der Waals surface area contributed by atoms with Crippen LogP contribution in [0.15, 0.2) is 60.8 Å². The van der Waals surface area contributed by atoms with Gasteiger partial charge in [-0.15, -0.1) is 5.10 Å². The van der Waals surface area contributed by atoms with E-state index in [0.29, 0.717) is 66.4 Å². The smallest absolute Gasteiger partial charge is 0.254 e. The molecule has 2 heterocycles. The van der Waals surface area contributed by atoms with Crippen LogP contribution < -0.4 is 15.4 Å². The number of benzene rings is 2. The average Bonchev–Trinajstić information content (AvgIpc) is 3.74. The maximum Gasteiger partial charge on any atom is 0.254 e. The van der Waals surface area contributed by atoms with E-state index >= 15 is 0 Å². The fourth-order valence-corrected chi connectivity index (χ4v) is 4.52. The first kappa shape index (κ1) is 28.1. The normalized spacial score (nSPS) is 12.8. The summed E-state index contributed by atoms with van der Waals surface area (Å²) < 4.78 is 12.7. The van der Waals surface area contributed by atoms with Gasteiger partial charge in [-0.05, 0) is 80.6 Å². The molecule has 1 aliphatic rings. The predicted molar refractivity (Wildman–Crippen MR) is 158 cm³/mol. The number of nitrogens with one attached hydrogen (secondary N) is 2. The monoisotopic (exact) mass is 556 g/mol. The van der Waals surface area contributed by atoms with Crippen LogP contribution in [0, 0.1) is 5.92 Å². The number of pyridine rings is 1. The lowest BCUT2D eigenvalue weighted by atomic mass is 10.1. The Balaban J connectivity index is 1.31. The van der Waals surface area contributed by atoms with Gasteiger partial charge in [0, 0.05) is 49.6 Å². The molecule has 4 aromatic rings. The van der Waals surface area contributed by atoms with Gasteiger partial charge in [0.05, 0.1) is 18.9 Å². The number of carbonyl (C=O) groups excluding carboxylic acids is 2. The van der Waals surface area contributed by atoms with E-state index in [1.165, 1.54) is 12.8 Å². The van der Waals surface area contributed by atoms with E-state index in [4.69, 9.17) is 9.47 Å². The molecule has 0 bridgehead atoms. The zero-order valence-corrected chi connectivity index (χ0v) is 23.7. The molecular formula is C31H36N6O4. The van der Waals surface area contributed by atoms with Crippen LogP contribution in [-0.2, 0) is 4.74 Å². The molecule has 5 rings (SSSR count). The standard InChI is InChI=1S/C31H36N6O4/c1-4-36(16-17-40-3)30(39)24-12-14-26(27(18-24)41-5-2)33-31-34-28-15-13-25(20-37(28)35-31)22-8-10-23(11-9-22)29(38)32-19-21-6-7-21/h8-15,18,20-21H,4-7,16-17,19H2,1-3H3,(H,32,38)(H,33,35). The number of anilines is 2. The van der Waals surface area contributed by atoms with Gasteiger partial charge in [0.25, 0.3) is 11.8 Å². The van der Waals surface area contributed by atoms with E-state index in [1.807, 2.05) is 62.5 Å². The van der Waals surface area contributed by atoms with Gasteiger partial charge in [-0.25, -0.2) is 4.52 Å². The zero-order chi connectivity index (χ0) is 28.8. The Labute approximate surface area is 239 Å². The lowest BCUT2D eigenvalue weighted by Crippen LogP contribution is -2.33. The molecular weight excluding hydrogens is 520 g/mol. The van der Waals surface area contributed by atoms with Crippen molar-refractivity contribution in [3.63, 3.8) is 0 Å². The van der Waals surface area contributed by atoms with Crippen molar-refractivity contribution < 1.29 is 19.1 Å². The van der Waals surface area contributed by atoms with E-state index in [-0.39, 0.29) is 11.8 Å². The minimum absolute atomic E-state index is 0.0384. The van der Waals surface area contributed by atoms with Crippen molar-refractivity contribution in [1.82, 2.24) is 24.8 Å². The molecule has 10 nitrogen and oxygen atoms in total. The summed E-state index contributed by atoms with van der Waals surface area (Å²) in [5.41, 5.74) is 4.45. The van der Waals surface area contributed by atoms with Gasteiger partial charge in [-0.1, -0.05) is 12.1 Å². The third kappa shape index (κ3) is 6.83. The second-order valence-corrected chi connectivity index (χ2v) is 10.0. The van der Waals surface area contributed by atoms with Gasteiger partial charge in [-0.2, -0.15) is 4.98 Å². The van der Waals surface area contributed by atoms with E-state index < -0.39 is 0 Å². The quantitative estimate of drug-likeness (QED) is 0.244. The number of methoxy groups -OCH3 is 1. The number of carbonyl (C=O) groups is 2. The number of amides is 2. The van der Waals surface area contributed by atoms with Crippen LogP contribution in [0.1, 0.15) is 47.4 Å². The molecule has 2 amide bonds. The second kappa shape index (κ2) is 12.8. The molecule has 0 radical (unpaired) electrons. The maximum absolute atomic E-state index is 13.0. The number of fused-ring (bicyclic) bond motifs is 1. The van der Waals surface area contributed by atoms with E-state index in [9.17, 15) is 9.59 Å². The average molecular weight is 557 g/mol. The van der Waals surface area contributed by atoms with Crippen LogP contribution in [0.2, 0.25) is 0 Å². The summed E-state index contributed by atoms with van der Waals surface area (Å²) in [6.45, 7) is 6.60. The molecule has 1 saturated carbocycles. The number of ether oxygens (including phenoxy) is 2. The van der Waals surface area contributed by atoms with E-state index in [1.54, 1.807) is 28.7 Å². The van der Waals surface area contributed by atoms with Crippen molar-refractivity contribution >= 4 is 29.1 Å². The van der Waals surface area contributed by atoms with Crippen molar-refractivity contribution in [3.8, 4) is 16.9 Å². The van der Waals surface area contributed by atoms with Crippen LogP contribution in [-0.4, -0.2) is 71.3 Å². The molecule has 214 valence electrons. The summed E-state index contributed by atoms with van der Waals surface area (Å²) in [6, 6.07) is 16.8. The van der Waals surface area contributed by atoms with Crippen LogP contribution in [0.5, 0.6) is 5.75 Å². The topological polar surface area (TPSA) is 110 Å². The van der Waals surface area contributed by atoms with Gasteiger partial charge in [0.15, 0.2) is 5.65 Å². The molecule has 0 saturated heterocycles. The Morgan fingerprint density at radius 1 is 1.02 bits per heavy atom. The highest BCUT2D eigenvalue weighted by atomic mass is 16.5. The second-order valence-electron chi connectivity index (χ2n) is 10.0. The SMILES string of the molecule is CCOc1cc(C(=O)N(CC)CCOC)ccc1Nc1nc2ccc(-c3ccc(C(=O)NCC4CC4)cc3)cn2n1. The molecule has 0 atom stereocenters. The highest BCUT2D eigenvalue weighted by Crippen LogP contribution is 2.30. The Morgan fingerprint density at radius 3 is 2.49 bits per heavy atom. The molecule has 2 aromatic carbocycles. The van der Waals surface area contributed by atoms with E-state index in [0.717, 1.165) is 17.7 Å². The molecule has 41 heavy (non-hydrogen) atoms. The summed E-state index contributed by atoms with van der Waals surface area (Å²) in [6.07, 6.45) is 4.31. The van der Waals surface area contributed by atoms with Crippen LogP contribution >= 0.6 is 0 Å². The number of nitrogens with zero attached hydrogens (tertiary/aromatic N) is 4. The van der Waals surface area contributed by atoms with E-state index in [2.05, 4.69) is 20.7 Å². The third-order valence-corrected chi connectivity index (χ3v) is 7.07. The Morgan fingerprint density at radius 2 is 1.78 bits per heavy atom. The highest BCUT2D eigenvalue weighted by molar-refractivity contribution is 5.95. The first-order chi connectivity index (χ1) is 20.0. The number of rotatable bonds is 13. The summed E-state index contributed by atoms with van der Waals surface area (Å²) in [5, 5.41) is 10.8. The Kier molecular flexibility index (Phi) is 8.79. The minimum Gasteiger partial charge on any atom is -0.492 e. The summed E-state index contributed by atoms with van der Waals surface area (Å²) in [7, 11) is 1.62. The lowest BCUT2D eigenvalue weighted by Gasteiger charge is -2.21. The van der Waals surface area contributed by atoms with Crippen molar-refractivity contribution in [3.05, 3.63) is 71.9 Å². The molecule has 2 aromatic heterocycles. The maximum atomic E-state index is 13.0. The van der Waals surface area contributed by atoms with Crippen molar-refractivity contribution in [2.75, 3.05) is 45.3 Å². The van der Waals surface area contributed by atoms with Crippen molar-refractivity contribution in [2.45, 2.75) is 26.7 Å². The minimum atomic E-state index is -0.0812. The van der Waals surface area contributed by atoms with Gasteiger partial charge < -0.3 is 25.0 Å². The number of likely N-dealkylation sites (N-methyl/N-ethyl adjacent to an activating group) is 1. The number of hydrogen-bond acceptors (Lipinski definition) is 7. The highest BCUT2D eigenvalue weighted by Gasteiger charge is 2.22. The summed E-state index contributed by atoms with van der Waals surface area (Å²) >= 11 is 0. The van der Waals surface area contributed by atoms with Crippen LogP contribution in [0.4, 0.5) is 11.6 Å². The largest absolute Gasteiger partial charge is 0.492 e. The first-order valence-electron chi connectivity index (χ1n) is 14.1. The molecule has 1 aliphatic carbocycles. The Bertz CT molecular complexity index is 1510. The van der Waals surface area contributed by atoms with Gasteiger partial charge >= 0.3 is 0 Å². The number of hydrogen-bond donors (Lipinski definition) is 2. The zero-order valence-electron chi connectivity index (χ0n) is 23.7. The Hall–Kier alpha value is -4.44. The van der Waals surface area contributed by atoms with Crippen LogP contribution in [0.25, 0.3) is 16.8 Å². The molecule has 0 spiro atoms. The van der Waals surface area contributed by atoms with Crippen molar-refractivity contribution in [2.24, 2.45) is 5.92 Å². The van der Waals surface area contributed by atoms with Crippen molar-refractivity contribution in [1.29, 1.82) is 0 Å². The summed E-state index contributed by atoms with van der Waals surface area (Å²) in [5.74, 6) is 1.47. The third-order valence-electron chi connectivity index (χ3n) is 7.07. The summed E-state index contributed by atoms with van der Waals surface area (Å²) in [4.78, 5) is 31.7. The molecule has 10 heteroatoms. The fourth-order valence-electron chi connectivity index (χ4n) is 4.52. The molecule has 2 N–H and O–H groups in total. The van der Waals surface area contributed by atoms with Crippen LogP contribution in [0.3, 0.4) is 0 Å². The van der Waals surface area contributed by atoms with Gasteiger partial charge in [0.2, 0.25) is 5.95 Å². The predicted octanol–water partition coefficient (Wildman–Crippen LogP) is 4.79. The lowest BCUT2D eigenvalue weighted by molar-refractivity contribution is 0.0706. The molecule has 1 fully saturated rings. The molecule has 0 aliphatic heterocycles. The molecule has 0 unspecified atom stereocenters. The fraction of sp³-hybridized carbons (Fsp3) is 0.355.